The van der Waals surface area contributed by atoms with E-state index in [9.17, 15) is 15.0 Å². The van der Waals surface area contributed by atoms with E-state index in [1.54, 1.807) is 31.0 Å². The summed E-state index contributed by atoms with van der Waals surface area (Å²) in [7, 11) is 1.79. The van der Waals surface area contributed by atoms with Crippen molar-refractivity contribution in [2.75, 3.05) is 33.4 Å². The van der Waals surface area contributed by atoms with Gasteiger partial charge >= 0.3 is 0 Å². The second kappa shape index (κ2) is 8.48. The molecule has 22 heavy (non-hydrogen) atoms. The van der Waals surface area contributed by atoms with Crippen molar-refractivity contribution in [2.45, 2.75) is 19.9 Å². The summed E-state index contributed by atoms with van der Waals surface area (Å²) in [6, 6.07) is 7.23. The van der Waals surface area contributed by atoms with Crippen LogP contribution < -0.4 is 5.32 Å². The highest BCUT2D eigenvalue weighted by atomic mass is 35.5. The molecule has 1 unspecified atom stereocenters. The zero-order chi connectivity index (χ0) is 16.8. The van der Waals surface area contributed by atoms with E-state index in [1.807, 2.05) is 19.1 Å². The van der Waals surface area contributed by atoms with E-state index in [1.165, 1.54) is 0 Å². The first kappa shape index (κ1) is 18.9. The summed E-state index contributed by atoms with van der Waals surface area (Å²) in [5, 5.41) is 22.2. The number of halogens is 1. The SMILES string of the molecule is CC(NC(=O)CN(C)CC(C)(CO)CO)c1ccc(Cl)cc1. The number of hydrogen-bond acceptors (Lipinski definition) is 4. The van der Waals surface area contributed by atoms with Crippen LogP contribution in [-0.4, -0.2) is 54.4 Å². The number of carbonyl (C=O) groups is 1. The highest BCUT2D eigenvalue weighted by Gasteiger charge is 2.25. The molecular formula is C16H25ClN2O3. The van der Waals surface area contributed by atoms with E-state index in [2.05, 4.69) is 5.32 Å². The summed E-state index contributed by atoms with van der Waals surface area (Å²) >= 11 is 5.85. The Morgan fingerprint density at radius 1 is 1.32 bits per heavy atom. The van der Waals surface area contributed by atoms with Crippen LogP contribution in [0, 0.1) is 5.41 Å². The molecule has 0 spiro atoms. The fourth-order valence-electron chi connectivity index (χ4n) is 2.22. The fraction of sp³-hybridized carbons (Fsp3) is 0.562. The smallest absolute Gasteiger partial charge is 0.234 e. The Kier molecular flexibility index (Phi) is 7.29. The van der Waals surface area contributed by atoms with E-state index < -0.39 is 5.41 Å². The first-order valence-electron chi connectivity index (χ1n) is 7.25. The zero-order valence-electron chi connectivity index (χ0n) is 13.3. The predicted molar refractivity (Wildman–Crippen MR) is 87.8 cm³/mol. The van der Waals surface area contributed by atoms with Gasteiger partial charge in [0.25, 0.3) is 0 Å². The van der Waals surface area contributed by atoms with Crippen molar-refractivity contribution in [3.05, 3.63) is 34.9 Å². The normalized spacial score (nSPS) is 13.2. The molecule has 6 heteroatoms. The molecule has 124 valence electrons. The second-order valence-corrected chi connectivity index (χ2v) is 6.58. The molecular weight excluding hydrogens is 304 g/mol. The van der Waals surface area contributed by atoms with Crippen LogP contribution in [0.1, 0.15) is 25.5 Å². The third-order valence-corrected chi connectivity index (χ3v) is 3.83. The molecule has 0 aliphatic rings. The van der Waals surface area contributed by atoms with Crippen LogP contribution in [0.2, 0.25) is 5.02 Å². The molecule has 0 heterocycles. The van der Waals surface area contributed by atoms with Crippen LogP contribution in [0.3, 0.4) is 0 Å². The molecule has 1 atom stereocenters. The summed E-state index contributed by atoms with van der Waals surface area (Å²) in [4.78, 5) is 13.9. The Labute approximate surface area is 136 Å². The van der Waals surface area contributed by atoms with Crippen molar-refractivity contribution >= 4 is 17.5 Å². The molecule has 0 aliphatic carbocycles. The fourth-order valence-corrected chi connectivity index (χ4v) is 2.35. The minimum absolute atomic E-state index is 0.108. The largest absolute Gasteiger partial charge is 0.396 e. The molecule has 3 N–H and O–H groups in total. The molecule has 1 amide bonds. The topological polar surface area (TPSA) is 72.8 Å². The van der Waals surface area contributed by atoms with Crippen molar-refractivity contribution < 1.29 is 15.0 Å². The predicted octanol–water partition coefficient (Wildman–Crippen LogP) is 1.44. The lowest BCUT2D eigenvalue weighted by Crippen LogP contribution is -2.43. The van der Waals surface area contributed by atoms with E-state index in [-0.39, 0.29) is 31.7 Å². The molecule has 0 saturated heterocycles. The number of amides is 1. The third-order valence-electron chi connectivity index (χ3n) is 3.58. The number of benzene rings is 1. The van der Waals surface area contributed by atoms with Crippen molar-refractivity contribution in [1.82, 2.24) is 10.2 Å². The number of nitrogens with one attached hydrogen (secondary N) is 1. The number of aliphatic hydroxyl groups excluding tert-OH is 2. The molecule has 0 aliphatic heterocycles. The molecule has 1 aromatic rings. The Balaban J connectivity index is 2.50. The van der Waals surface area contributed by atoms with Crippen LogP contribution in [0.5, 0.6) is 0 Å². The van der Waals surface area contributed by atoms with Gasteiger partial charge in [0.2, 0.25) is 5.91 Å². The van der Waals surface area contributed by atoms with E-state index in [0.717, 1.165) is 5.56 Å². The van der Waals surface area contributed by atoms with Crippen LogP contribution in [-0.2, 0) is 4.79 Å². The van der Waals surface area contributed by atoms with Gasteiger partial charge < -0.3 is 15.5 Å². The average molecular weight is 329 g/mol. The summed E-state index contributed by atoms with van der Waals surface area (Å²) in [6.45, 7) is 4.06. The lowest BCUT2D eigenvalue weighted by Gasteiger charge is -2.30. The van der Waals surface area contributed by atoms with Crippen molar-refractivity contribution in [2.24, 2.45) is 5.41 Å². The van der Waals surface area contributed by atoms with Crippen LogP contribution in [0.4, 0.5) is 0 Å². The Morgan fingerprint density at radius 2 is 1.86 bits per heavy atom. The summed E-state index contributed by atoms with van der Waals surface area (Å²) in [6.07, 6.45) is 0. The number of rotatable bonds is 8. The number of nitrogens with zero attached hydrogens (tertiary/aromatic N) is 1. The first-order chi connectivity index (χ1) is 10.3. The van der Waals surface area contributed by atoms with Gasteiger partial charge in [-0.3, -0.25) is 9.69 Å². The molecule has 0 saturated carbocycles. The van der Waals surface area contributed by atoms with Gasteiger partial charge in [-0.15, -0.1) is 0 Å². The monoisotopic (exact) mass is 328 g/mol. The van der Waals surface area contributed by atoms with Crippen molar-refractivity contribution in [1.29, 1.82) is 0 Å². The quantitative estimate of drug-likeness (QED) is 0.675. The van der Waals surface area contributed by atoms with Gasteiger partial charge in [0.1, 0.15) is 0 Å². The van der Waals surface area contributed by atoms with Gasteiger partial charge in [0.15, 0.2) is 0 Å². The molecule has 0 bridgehead atoms. The summed E-state index contributed by atoms with van der Waals surface area (Å²) < 4.78 is 0. The minimum atomic E-state index is -0.614. The molecule has 0 fully saturated rings. The number of aliphatic hydroxyl groups is 2. The minimum Gasteiger partial charge on any atom is -0.396 e. The first-order valence-corrected chi connectivity index (χ1v) is 7.62. The van der Waals surface area contributed by atoms with Gasteiger partial charge in [0.05, 0.1) is 25.8 Å². The maximum Gasteiger partial charge on any atom is 0.234 e. The maximum absolute atomic E-state index is 12.1. The van der Waals surface area contributed by atoms with Crippen LogP contribution >= 0.6 is 11.6 Å². The highest BCUT2D eigenvalue weighted by molar-refractivity contribution is 6.30. The summed E-state index contributed by atoms with van der Waals surface area (Å²) in [5.41, 5.74) is 0.368. The zero-order valence-corrected chi connectivity index (χ0v) is 14.1. The number of carbonyl (C=O) groups excluding carboxylic acids is 1. The Hall–Kier alpha value is -1.14. The average Bonchev–Trinajstić information content (AvgIpc) is 2.47. The molecule has 1 rings (SSSR count). The number of likely N-dealkylation sites (N-methyl/N-ethyl adjacent to an activating group) is 1. The van der Waals surface area contributed by atoms with Crippen LogP contribution in [0.25, 0.3) is 0 Å². The molecule has 0 aromatic heterocycles. The molecule has 0 radical (unpaired) electrons. The van der Waals surface area contributed by atoms with Gasteiger partial charge in [-0.05, 0) is 31.7 Å². The molecule has 5 nitrogen and oxygen atoms in total. The van der Waals surface area contributed by atoms with Crippen LogP contribution in [0.15, 0.2) is 24.3 Å². The van der Waals surface area contributed by atoms with Gasteiger partial charge in [-0.1, -0.05) is 30.7 Å². The Bertz CT molecular complexity index is 475. The van der Waals surface area contributed by atoms with Crippen molar-refractivity contribution in [3.63, 3.8) is 0 Å². The second-order valence-electron chi connectivity index (χ2n) is 6.14. The lowest BCUT2D eigenvalue weighted by atomic mass is 9.92. The Morgan fingerprint density at radius 3 is 2.36 bits per heavy atom. The van der Waals surface area contributed by atoms with Crippen molar-refractivity contribution in [3.8, 4) is 0 Å². The molecule has 1 aromatic carbocycles. The lowest BCUT2D eigenvalue weighted by molar-refractivity contribution is -0.123. The standard InChI is InChI=1S/C16H25ClN2O3/c1-12(13-4-6-14(17)7-5-13)18-15(22)8-19(3)9-16(2,10-20)11-21/h4-7,12,20-21H,8-11H2,1-3H3,(H,18,22). The third kappa shape index (κ3) is 5.93. The summed E-state index contributed by atoms with van der Waals surface area (Å²) in [5.74, 6) is -0.108. The van der Waals surface area contributed by atoms with E-state index in [4.69, 9.17) is 11.6 Å². The van der Waals surface area contributed by atoms with Gasteiger partial charge in [0, 0.05) is 17.0 Å². The van der Waals surface area contributed by atoms with E-state index >= 15 is 0 Å². The number of hydrogen-bond donors (Lipinski definition) is 3. The maximum atomic E-state index is 12.1. The van der Waals surface area contributed by atoms with Gasteiger partial charge in [-0.2, -0.15) is 0 Å². The van der Waals surface area contributed by atoms with E-state index in [0.29, 0.717) is 11.6 Å². The van der Waals surface area contributed by atoms with Gasteiger partial charge in [-0.25, -0.2) is 0 Å². The highest BCUT2D eigenvalue weighted by Crippen LogP contribution is 2.17.